The maximum Gasteiger partial charge on any atom is 0.407 e. The lowest BCUT2D eigenvalue weighted by Crippen LogP contribution is -2.48. The summed E-state index contributed by atoms with van der Waals surface area (Å²) in [5.41, 5.74) is 0.0565. The van der Waals surface area contributed by atoms with Crippen LogP contribution in [0.1, 0.15) is 5.82 Å². The van der Waals surface area contributed by atoms with Crippen LogP contribution in [0.4, 0.5) is 15.0 Å². The number of piperazine rings is 1. The van der Waals surface area contributed by atoms with Gasteiger partial charge in [0.05, 0.1) is 9.50 Å². The minimum atomic E-state index is -0.976. The van der Waals surface area contributed by atoms with Crippen molar-refractivity contribution < 1.29 is 19.4 Å². The number of benzene rings is 1. The van der Waals surface area contributed by atoms with E-state index >= 15 is 0 Å². The largest absolute Gasteiger partial charge is 0.465 e. The van der Waals surface area contributed by atoms with Gasteiger partial charge in [0.25, 0.3) is 0 Å². The zero-order valence-corrected chi connectivity index (χ0v) is 14.7. The third kappa shape index (κ3) is 2.99. The van der Waals surface area contributed by atoms with Gasteiger partial charge in [0, 0.05) is 31.6 Å². The van der Waals surface area contributed by atoms with Crippen LogP contribution >= 0.6 is 27.5 Å². The smallest absolute Gasteiger partial charge is 0.407 e. The molecule has 1 fully saturated rings. The third-order valence-electron chi connectivity index (χ3n) is 3.84. The average molecular weight is 420 g/mol. The van der Waals surface area contributed by atoms with Gasteiger partial charge in [-0.25, -0.2) is 19.2 Å². The van der Waals surface area contributed by atoms with Crippen molar-refractivity contribution in [3.8, 4) is 0 Å². The van der Waals surface area contributed by atoms with Gasteiger partial charge in [0.15, 0.2) is 11.6 Å². The second kappa shape index (κ2) is 6.66. The van der Waals surface area contributed by atoms with Gasteiger partial charge in [-0.1, -0.05) is 11.6 Å². The predicted molar refractivity (Wildman–Crippen MR) is 89.9 cm³/mol. The van der Waals surface area contributed by atoms with E-state index in [1.165, 1.54) is 4.90 Å². The second-order valence-electron chi connectivity index (χ2n) is 5.26. The summed E-state index contributed by atoms with van der Waals surface area (Å²) in [6.07, 6.45) is -0.976. The molecule has 0 bridgehead atoms. The highest BCUT2D eigenvalue weighted by molar-refractivity contribution is 9.10. The first-order chi connectivity index (χ1) is 11.4. The zero-order valence-electron chi connectivity index (χ0n) is 12.3. The first kappa shape index (κ1) is 17.1. The maximum atomic E-state index is 14.5. The highest BCUT2D eigenvalue weighted by Crippen LogP contribution is 2.35. The summed E-state index contributed by atoms with van der Waals surface area (Å²) < 4.78 is 14.6. The normalized spacial score (nSPS) is 15.2. The molecule has 1 aromatic carbocycles. The molecule has 0 saturated carbocycles. The molecular weight excluding hydrogens is 407 g/mol. The Bertz CT molecular complexity index is 814. The van der Waals surface area contributed by atoms with E-state index in [-0.39, 0.29) is 20.8 Å². The van der Waals surface area contributed by atoms with E-state index < -0.39 is 18.5 Å². The van der Waals surface area contributed by atoms with Gasteiger partial charge in [-0.15, -0.1) is 0 Å². The molecule has 0 radical (unpaired) electrons. The number of aliphatic hydroxyl groups excluding tert-OH is 1. The summed E-state index contributed by atoms with van der Waals surface area (Å²) in [6, 6.07) is 1.56. The van der Waals surface area contributed by atoms with Gasteiger partial charge >= 0.3 is 6.09 Å². The molecule has 2 N–H and O–H groups in total. The standard InChI is InChI=1S/C14H13BrClFN4O3/c15-10-8(16)5-7-12(11(10)17)18-9(6-22)19-13(7)20-1-3-21(4-2-20)14(23)24/h5,22H,1-4,6H2,(H,23,24). The first-order valence-corrected chi connectivity index (χ1v) is 8.27. The highest BCUT2D eigenvalue weighted by atomic mass is 79.9. The molecule has 7 nitrogen and oxygen atoms in total. The maximum absolute atomic E-state index is 14.5. The zero-order chi connectivity index (χ0) is 17.4. The van der Waals surface area contributed by atoms with Crippen molar-refractivity contribution in [2.24, 2.45) is 0 Å². The monoisotopic (exact) mass is 418 g/mol. The Hall–Kier alpha value is -1.71. The number of carbonyl (C=O) groups is 1. The van der Waals surface area contributed by atoms with Gasteiger partial charge in [0.2, 0.25) is 0 Å². The van der Waals surface area contributed by atoms with Crippen LogP contribution in [-0.4, -0.2) is 57.4 Å². The van der Waals surface area contributed by atoms with Crippen LogP contribution in [0.5, 0.6) is 0 Å². The number of hydrogen-bond acceptors (Lipinski definition) is 5. The van der Waals surface area contributed by atoms with Crippen LogP contribution in [0, 0.1) is 5.82 Å². The van der Waals surface area contributed by atoms with E-state index in [2.05, 4.69) is 25.9 Å². The number of halogens is 3. The van der Waals surface area contributed by atoms with E-state index in [0.717, 1.165) is 0 Å². The van der Waals surface area contributed by atoms with Crippen molar-refractivity contribution in [1.82, 2.24) is 14.9 Å². The summed E-state index contributed by atoms with van der Waals surface area (Å²) in [5, 5.41) is 19.0. The van der Waals surface area contributed by atoms with E-state index in [4.69, 9.17) is 16.7 Å². The fourth-order valence-corrected chi connectivity index (χ4v) is 3.12. The molecule has 2 aromatic rings. The number of nitrogens with zero attached hydrogens (tertiary/aromatic N) is 4. The minimum Gasteiger partial charge on any atom is -0.465 e. The molecule has 0 atom stereocenters. The van der Waals surface area contributed by atoms with Crippen molar-refractivity contribution in [3.63, 3.8) is 0 Å². The lowest BCUT2D eigenvalue weighted by Gasteiger charge is -2.34. The number of hydrogen-bond donors (Lipinski definition) is 2. The van der Waals surface area contributed by atoms with Crippen LogP contribution in [0.2, 0.25) is 5.02 Å². The average Bonchev–Trinajstić information content (AvgIpc) is 2.59. The molecule has 3 rings (SSSR count). The van der Waals surface area contributed by atoms with Crippen molar-refractivity contribution in [1.29, 1.82) is 0 Å². The molecule has 0 spiro atoms. The number of aromatic nitrogens is 2. The summed E-state index contributed by atoms with van der Waals surface area (Å²) in [5.74, 6) is -0.103. The number of anilines is 1. The number of fused-ring (bicyclic) bond motifs is 1. The molecule has 1 aromatic heterocycles. The topological polar surface area (TPSA) is 89.8 Å². The SMILES string of the molecule is O=C(O)N1CCN(c2nc(CO)nc3c(F)c(Br)c(Cl)cc23)CC1. The lowest BCUT2D eigenvalue weighted by molar-refractivity contribution is 0.142. The number of amides is 1. The minimum absolute atomic E-state index is 0.0565. The van der Waals surface area contributed by atoms with Gasteiger partial charge in [-0.3, -0.25) is 0 Å². The van der Waals surface area contributed by atoms with Crippen LogP contribution in [0.25, 0.3) is 10.9 Å². The molecule has 128 valence electrons. The van der Waals surface area contributed by atoms with Gasteiger partial charge in [-0.05, 0) is 22.0 Å². The summed E-state index contributed by atoms with van der Waals surface area (Å²) >= 11 is 9.12. The Morgan fingerprint density at radius 2 is 2.00 bits per heavy atom. The fraction of sp³-hybridized carbons (Fsp3) is 0.357. The molecule has 1 amide bonds. The molecule has 0 aliphatic carbocycles. The van der Waals surface area contributed by atoms with Crippen molar-refractivity contribution in [3.05, 3.63) is 27.2 Å². The molecule has 1 saturated heterocycles. The highest BCUT2D eigenvalue weighted by Gasteiger charge is 2.25. The quantitative estimate of drug-likeness (QED) is 0.727. The summed E-state index contributed by atoms with van der Waals surface area (Å²) in [7, 11) is 0. The molecule has 2 heterocycles. The van der Waals surface area contributed by atoms with Crippen LogP contribution in [0.3, 0.4) is 0 Å². The Balaban J connectivity index is 2.08. The Morgan fingerprint density at radius 3 is 2.58 bits per heavy atom. The number of rotatable bonds is 2. The van der Waals surface area contributed by atoms with Gasteiger partial charge in [0.1, 0.15) is 17.9 Å². The van der Waals surface area contributed by atoms with Crippen LogP contribution in [0.15, 0.2) is 10.5 Å². The number of aliphatic hydroxyl groups is 1. The molecule has 0 unspecified atom stereocenters. The Kier molecular flexibility index (Phi) is 4.75. The van der Waals surface area contributed by atoms with Crippen LogP contribution < -0.4 is 4.90 Å². The Morgan fingerprint density at radius 1 is 1.33 bits per heavy atom. The summed E-state index contributed by atoms with van der Waals surface area (Å²) in [6.45, 7) is 0.985. The molecular formula is C14H13BrClFN4O3. The molecule has 10 heteroatoms. The van der Waals surface area contributed by atoms with E-state index in [9.17, 15) is 14.3 Å². The first-order valence-electron chi connectivity index (χ1n) is 7.10. The van der Waals surface area contributed by atoms with Gasteiger partial charge < -0.3 is 20.0 Å². The van der Waals surface area contributed by atoms with Gasteiger partial charge in [-0.2, -0.15) is 0 Å². The van der Waals surface area contributed by atoms with E-state index in [1.807, 2.05) is 4.90 Å². The van der Waals surface area contributed by atoms with Crippen molar-refractivity contribution in [2.75, 3.05) is 31.1 Å². The second-order valence-corrected chi connectivity index (χ2v) is 6.46. The van der Waals surface area contributed by atoms with E-state index in [1.54, 1.807) is 6.07 Å². The molecule has 1 aliphatic heterocycles. The molecule has 1 aliphatic rings. The van der Waals surface area contributed by atoms with Crippen molar-refractivity contribution in [2.45, 2.75) is 6.61 Å². The van der Waals surface area contributed by atoms with Crippen LogP contribution in [-0.2, 0) is 6.61 Å². The Labute approximate surface area is 149 Å². The summed E-state index contributed by atoms with van der Waals surface area (Å²) in [4.78, 5) is 22.5. The fourth-order valence-electron chi connectivity index (χ4n) is 2.62. The lowest BCUT2D eigenvalue weighted by atomic mass is 10.2. The van der Waals surface area contributed by atoms with Crippen molar-refractivity contribution >= 4 is 50.3 Å². The predicted octanol–water partition coefficient (Wildman–Crippen LogP) is 2.48. The van der Waals surface area contributed by atoms with E-state index in [0.29, 0.717) is 37.4 Å². The molecule has 24 heavy (non-hydrogen) atoms. The third-order valence-corrected chi connectivity index (χ3v) is 5.15. The number of carboxylic acid groups (broad SMARTS) is 1.